The van der Waals surface area contributed by atoms with Crippen LogP contribution in [0.4, 0.5) is 0 Å². The molecule has 6 nitrogen and oxygen atoms in total. The highest BCUT2D eigenvalue weighted by Gasteiger charge is 2.15. The smallest absolute Gasteiger partial charge is 0.306 e. The summed E-state index contributed by atoms with van der Waals surface area (Å²) in [5, 5.41) is 2.86. The molecule has 0 amide bonds. The lowest BCUT2D eigenvalue weighted by atomic mass is 10.2. The Labute approximate surface area is 153 Å². The van der Waals surface area contributed by atoms with Crippen molar-refractivity contribution in [2.24, 2.45) is 0 Å². The lowest BCUT2D eigenvalue weighted by Crippen LogP contribution is -2.22. The molecule has 0 saturated carbocycles. The SMILES string of the molecule is COc1ccc(COc2nc3ccccc3c(=O)n2-c2nccs2)cc1. The predicted octanol–water partition coefficient (Wildman–Crippen LogP) is 3.43. The second-order valence-corrected chi connectivity index (χ2v) is 6.38. The Bertz CT molecular complexity index is 1090. The Hall–Kier alpha value is -3.19. The molecule has 130 valence electrons. The summed E-state index contributed by atoms with van der Waals surface area (Å²) in [7, 11) is 1.62. The lowest BCUT2D eigenvalue weighted by molar-refractivity contribution is 0.273. The molecule has 0 spiro atoms. The molecule has 0 unspecified atom stereocenters. The molecule has 0 aliphatic carbocycles. The van der Waals surface area contributed by atoms with E-state index in [1.165, 1.54) is 15.9 Å². The van der Waals surface area contributed by atoms with Gasteiger partial charge in [0.15, 0.2) is 0 Å². The number of thiazole rings is 1. The van der Waals surface area contributed by atoms with Crippen LogP contribution in [0, 0.1) is 0 Å². The Morgan fingerprint density at radius 2 is 1.92 bits per heavy atom. The number of para-hydroxylation sites is 1. The number of aromatic nitrogens is 3. The number of ether oxygens (including phenoxy) is 2. The molecule has 0 aliphatic heterocycles. The summed E-state index contributed by atoms with van der Waals surface area (Å²) in [5.41, 5.74) is 1.34. The zero-order valence-corrected chi connectivity index (χ0v) is 14.8. The quantitative estimate of drug-likeness (QED) is 0.542. The van der Waals surface area contributed by atoms with Crippen LogP contribution >= 0.6 is 11.3 Å². The maximum Gasteiger partial charge on any atom is 0.306 e. The number of rotatable bonds is 5. The fourth-order valence-corrected chi connectivity index (χ4v) is 3.21. The van der Waals surface area contributed by atoms with E-state index in [1.807, 2.05) is 41.8 Å². The maximum atomic E-state index is 12.9. The second kappa shape index (κ2) is 6.97. The number of hydrogen-bond acceptors (Lipinski definition) is 6. The van der Waals surface area contributed by atoms with Crippen LogP contribution in [0.3, 0.4) is 0 Å². The van der Waals surface area contributed by atoms with Gasteiger partial charge in [0, 0.05) is 11.6 Å². The first-order valence-corrected chi connectivity index (χ1v) is 8.81. The molecule has 0 radical (unpaired) electrons. The van der Waals surface area contributed by atoms with Crippen LogP contribution in [0.25, 0.3) is 16.0 Å². The predicted molar refractivity (Wildman–Crippen MR) is 100 cm³/mol. The van der Waals surface area contributed by atoms with Crippen LogP contribution in [0.2, 0.25) is 0 Å². The van der Waals surface area contributed by atoms with Gasteiger partial charge in [0.1, 0.15) is 12.4 Å². The highest BCUT2D eigenvalue weighted by atomic mass is 32.1. The molecular weight excluding hydrogens is 350 g/mol. The van der Waals surface area contributed by atoms with Gasteiger partial charge in [-0.25, -0.2) is 9.55 Å². The molecule has 0 atom stereocenters. The minimum atomic E-state index is -0.199. The van der Waals surface area contributed by atoms with Gasteiger partial charge in [0.2, 0.25) is 5.13 Å². The van der Waals surface area contributed by atoms with E-state index in [9.17, 15) is 4.79 Å². The Balaban J connectivity index is 1.75. The molecule has 4 rings (SSSR count). The van der Waals surface area contributed by atoms with Crippen molar-refractivity contribution < 1.29 is 9.47 Å². The summed E-state index contributed by atoms with van der Waals surface area (Å²) < 4.78 is 12.5. The number of hydrogen-bond donors (Lipinski definition) is 0. The van der Waals surface area contributed by atoms with Gasteiger partial charge in [-0.3, -0.25) is 4.79 Å². The van der Waals surface area contributed by atoms with Gasteiger partial charge in [-0.2, -0.15) is 4.98 Å². The van der Waals surface area contributed by atoms with Crippen molar-refractivity contribution in [1.82, 2.24) is 14.5 Å². The van der Waals surface area contributed by atoms with E-state index in [-0.39, 0.29) is 18.2 Å². The molecule has 0 fully saturated rings. The molecule has 7 heteroatoms. The summed E-state index contributed by atoms with van der Waals surface area (Å²) in [6.07, 6.45) is 1.65. The number of methoxy groups -OCH3 is 1. The molecule has 26 heavy (non-hydrogen) atoms. The van der Waals surface area contributed by atoms with E-state index in [1.54, 1.807) is 25.4 Å². The largest absolute Gasteiger partial charge is 0.497 e. The molecular formula is C19H15N3O3S. The molecule has 0 aliphatic rings. The molecule has 0 saturated heterocycles. The number of fused-ring (bicyclic) bond motifs is 1. The summed E-state index contributed by atoms with van der Waals surface area (Å²) in [6, 6.07) is 15.0. The van der Waals surface area contributed by atoms with Gasteiger partial charge >= 0.3 is 6.01 Å². The van der Waals surface area contributed by atoms with Crippen molar-refractivity contribution >= 4 is 22.2 Å². The molecule has 2 aromatic heterocycles. The minimum absolute atomic E-state index is 0.199. The fourth-order valence-electron chi connectivity index (χ4n) is 2.57. The average molecular weight is 365 g/mol. The van der Waals surface area contributed by atoms with Crippen molar-refractivity contribution in [1.29, 1.82) is 0 Å². The third-order valence-corrected chi connectivity index (χ3v) is 4.64. The van der Waals surface area contributed by atoms with Gasteiger partial charge in [-0.15, -0.1) is 11.3 Å². The third-order valence-electron chi connectivity index (χ3n) is 3.88. The summed E-state index contributed by atoms with van der Waals surface area (Å²) in [5.74, 6) is 0.775. The molecule has 2 heterocycles. The maximum absolute atomic E-state index is 12.9. The van der Waals surface area contributed by atoms with Crippen LogP contribution in [0.15, 0.2) is 64.9 Å². The van der Waals surface area contributed by atoms with Crippen LogP contribution < -0.4 is 15.0 Å². The Morgan fingerprint density at radius 1 is 1.12 bits per heavy atom. The first kappa shape index (κ1) is 16.3. The van der Waals surface area contributed by atoms with Crippen molar-refractivity contribution in [2.45, 2.75) is 6.61 Å². The van der Waals surface area contributed by atoms with Crippen molar-refractivity contribution in [3.05, 3.63) is 76.0 Å². The fraction of sp³-hybridized carbons (Fsp3) is 0.105. The number of benzene rings is 2. The van der Waals surface area contributed by atoms with Crippen LogP contribution in [-0.2, 0) is 6.61 Å². The number of nitrogens with zero attached hydrogens (tertiary/aromatic N) is 3. The van der Waals surface area contributed by atoms with Gasteiger partial charge in [-0.05, 0) is 29.8 Å². The highest BCUT2D eigenvalue weighted by molar-refractivity contribution is 7.12. The standard InChI is InChI=1S/C19H15N3O3S/c1-24-14-8-6-13(7-9-14)12-25-18-21-16-5-3-2-4-15(16)17(23)22(18)19-20-10-11-26-19/h2-11H,12H2,1H3. The van der Waals surface area contributed by atoms with E-state index in [0.717, 1.165) is 11.3 Å². The van der Waals surface area contributed by atoms with Crippen LogP contribution in [0.5, 0.6) is 11.8 Å². The minimum Gasteiger partial charge on any atom is -0.497 e. The van der Waals surface area contributed by atoms with Gasteiger partial charge in [-0.1, -0.05) is 24.3 Å². The zero-order valence-electron chi connectivity index (χ0n) is 14.0. The summed E-state index contributed by atoms with van der Waals surface area (Å²) in [4.78, 5) is 21.7. The highest BCUT2D eigenvalue weighted by Crippen LogP contribution is 2.20. The Morgan fingerprint density at radius 3 is 2.65 bits per heavy atom. The van der Waals surface area contributed by atoms with E-state index >= 15 is 0 Å². The van der Waals surface area contributed by atoms with E-state index < -0.39 is 0 Å². The lowest BCUT2D eigenvalue weighted by Gasteiger charge is -2.12. The third kappa shape index (κ3) is 3.04. The normalized spacial score (nSPS) is 10.8. The first-order chi connectivity index (χ1) is 12.8. The zero-order chi connectivity index (χ0) is 17.9. The van der Waals surface area contributed by atoms with Crippen molar-refractivity contribution in [3.8, 4) is 16.9 Å². The first-order valence-electron chi connectivity index (χ1n) is 7.93. The van der Waals surface area contributed by atoms with Crippen LogP contribution in [0.1, 0.15) is 5.56 Å². The summed E-state index contributed by atoms with van der Waals surface area (Å²) >= 11 is 1.35. The average Bonchev–Trinajstić information content (AvgIpc) is 3.21. The van der Waals surface area contributed by atoms with Gasteiger partial charge in [0.25, 0.3) is 5.56 Å². The van der Waals surface area contributed by atoms with E-state index in [2.05, 4.69) is 9.97 Å². The van der Waals surface area contributed by atoms with Crippen molar-refractivity contribution in [2.75, 3.05) is 7.11 Å². The molecule has 0 N–H and O–H groups in total. The molecule has 0 bridgehead atoms. The van der Waals surface area contributed by atoms with E-state index in [4.69, 9.17) is 9.47 Å². The van der Waals surface area contributed by atoms with Gasteiger partial charge in [0.05, 0.1) is 18.0 Å². The Kier molecular flexibility index (Phi) is 4.37. The second-order valence-electron chi connectivity index (χ2n) is 5.50. The van der Waals surface area contributed by atoms with Gasteiger partial charge < -0.3 is 9.47 Å². The monoisotopic (exact) mass is 365 g/mol. The summed E-state index contributed by atoms with van der Waals surface area (Å²) in [6.45, 7) is 0.278. The molecule has 2 aromatic carbocycles. The van der Waals surface area contributed by atoms with Crippen molar-refractivity contribution in [3.63, 3.8) is 0 Å². The van der Waals surface area contributed by atoms with Crippen LogP contribution in [-0.4, -0.2) is 21.6 Å². The van der Waals surface area contributed by atoms with E-state index in [0.29, 0.717) is 16.0 Å². The topological polar surface area (TPSA) is 66.2 Å². The molecule has 4 aromatic rings.